The number of hydrogen-bond acceptors (Lipinski definition) is 0. The fourth-order valence-electron chi connectivity index (χ4n) is 1.61. The minimum absolute atomic E-state index is 0.546. The van der Waals surface area contributed by atoms with Crippen molar-refractivity contribution < 1.29 is 0 Å². The summed E-state index contributed by atoms with van der Waals surface area (Å²) < 4.78 is 0. The molecule has 1 aromatic rings. The van der Waals surface area contributed by atoms with Gasteiger partial charge in [0.1, 0.15) is 0 Å². The molecule has 0 radical (unpaired) electrons. The molecule has 0 aliphatic heterocycles. The molecule has 0 N–H and O–H groups in total. The van der Waals surface area contributed by atoms with Gasteiger partial charge in [-0.05, 0) is 42.4 Å². The molecule has 1 saturated carbocycles. The fraction of sp³-hybridized carbons (Fsp3) is 0.455. The van der Waals surface area contributed by atoms with Gasteiger partial charge in [-0.3, -0.25) is 0 Å². The second-order valence-electron chi connectivity index (χ2n) is 3.94. The number of rotatable bonds is 3. The van der Waals surface area contributed by atoms with Crippen LogP contribution in [0.5, 0.6) is 0 Å². The van der Waals surface area contributed by atoms with Gasteiger partial charge in [0.2, 0.25) is 0 Å². The van der Waals surface area contributed by atoms with E-state index in [0.29, 0.717) is 5.41 Å². The molecule has 0 bridgehead atoms. The van der Waals surface area contributed by atoms with Crippen molar-refractivity contribution in [2.45, 2.75) is 19.3 Å². The largest absolute Gasteiger partial charge is 0.0922 e. The van der Waals surface area contributed by atoms with Crippen LogP contribution in [0, 0.1) is 5.41 Å². The molecular formula is C11H12BrCl. The van der Waals surface area contributed by atoms with Crippen LogP contribution in [0.25, 0.3) is 0 Å². The first-order valence-corrected chi connectivity index (χ1v) is 6.04. The summed E-state index contributed by atoms with van der Waals surface area (Å²) in [5, 5.41) is 1.97. The summed E-state index contributed by atoms with van der Waals surface area (Å²) in [6.07, 6.45) is 3.87. The van der Waals surface area contributed by atoms with Gasteiger partial charge in [0.25, 0.3) is 0 Å². The first-order chi connectivity index (χ1) is 6.24. The maximum atomic E-state index is 5.93. The lowest BCUT2D eigenvalue weighted by atomic mass is 9.99. The Morgan fingerprint density at radius 2 is 2.15 bits per heavy atom. The maximum Gasteiger partial charge on any atom is 0.0408 e. The summed E-state index contributed by atoms with van der Waals surface area (Å²) in [6, 6.07) is 8.19. The van der Waals surface area contributed by atoms with Crippen LogP contribution >= 0.6 is 27.5 Å². The van der Waals surface area contributed by atoms with E-state index in [1.807, 2.05) is 12.1 Å². The van der Waals surface area contributed by atoms with Gasteiger partial charge in [-0.25, -0.2) is 0 Å². The van der Waals surface area contributed by atoms with Crippen molar-refractivity contribution in [3.63, 3.8) is 0 Å². The highest BCUT2D eigenvalue weighted by molar-refractivity contribution is 9.09. The van der Waals surface area contributed by atoms with Crippen LogP contribution in [0.15, 0.2) is 24.3 Å². The molecule has 2 heteroatoms. The van der Waals surface area contributed by atoms with Crippen molar-refractivity contribution in [3.05, 3.63) is 34.9 Å². The molecule has 0 amide bonds. The molecule has 0 atom stereocenters. The van der Waals surface area contributed by atoms with E-state index in [1.165, 1.54) is 24.8 Å². The topological polar surface area (TPSA) is 0 Å². The minimum atomic E-state index is 0.546. The van der Waals surface area contributed by atoms with Crippen molar-refractivity contribution in [2.75, 3.05) is 5.33 Å². The van der Waals surface area contributed by atoms with Gasteiger partial charge in [0, 0.05) is 10.4 Å². The Balaban J connectivity index is 2.09. The number of alkyl halides is 1. The van der Waals surface area contributed by atoms with E-state index in [0.717, 1.165) is 10.4 Å². The Morgan fingerprint density at radius 3 is 2.69 bits per heavy atom. The third-order valence-corrected chi connectivity index (χ3v) is 4.13. The van der Waals surface area contributed by atoms with Gasteiger partial charge >= 0.3 is 0 Å². The smallest absolute Gasteiger partial charge is 0.0408 e. The highest BCUT2D eigenvalue weighted by Crippen LogP contribution is 2.49. The highest BCUT2D eigenvalue weighted by Gasteiger charge is 2.41. The van der Waals surface area contributed by atoms with E-state index >= 15 is 0 Å². The van der Waals surface area contributed by atoms with E-state index in [-0.39, 0.29) is 0 Å². The quantitative estimate of drug-likeness (QED) is 0.718. The second kappa shape index (κ2) is 3.62. The van der Waals surface area contributed by atoms with Crippen LogP contribution in [-0.2, 0) is 6.42 Å². The molecule has 1 aliphatic rings. The summed E-state index contributed by atoms with van der Waals surface area (Å²) in [5.41, 5.74) is 1.91. The summed E-state index contributed by atoms with van der Waals surface area (Å²) in [4.78, 5) is 0. The SMILES string of the molecule is Clc1cccc(CC2(CBr)CC2)c1. The summed E-state index contributed by atoms with van der Waals surface area (Å²) in [6.45, 7) is 0. The Morgan fingerprint density at radius 1 is 1.38 bits per heavy atom. The average Bonchev–Trinajstić information content (AvgIpc) is 2.86. The van der Waals surface area contributed by atoms with E-state index < -0.39 is 0 Å². The standard InChI is InChI=1S/C11H12BrCl/c12-8-11(4-5-11)7-9-2-1-3-10(13)6-9/h1-3,6H,4-5,7-8H2. The molecule has 0 heterocycles. The van der Waals surface area contributed by atoms with E-state index in [9.17, 15) is 0 Å². The predicted molar refractivity (Wildman–Crippen MR) is 60.6 cm³/mol. The normalized spacial score (nSPS) is 18.6. The van der Waals surface area contributed by atoms with Crippen LogP contribution < -0.4 is 0 Å². The maximum absolute atomic E-state index is 5.93. The highest BCUT2D eigenvalue weighted by atomic mass is 79.9. The zero-order valence-electron chi connectivity index (χ0n) is 7.39. The lowest BCUT2D eigenvalue weighted by molar-refractivity contribution is 0.586. The van der Waals surface area contributed by atoms with Crippen molar-refractivity contribution in [1.82, 2.24) is 0 Å². The fourth-order valence-corrected chi connectivity index (χ4v) is 2.59. The van der Waals surface area contributed by atoms with Gasteiger partial charge in [-0.15, -0.1) is 0 Å². The number of benzene rings is 1. The van der Waals surface area contributed by atoms with Gasteiger partial charge < -0.3 is 0 Å². The molecule has 0 saturated heterocycles. The van der Waals surface area contributed by atoms with Crippen LogP contribution in [0.3, 0.4) is 0 Å². The third kappa shape index (κ3) is 2.26. The average molecular weight is 260 g/mol. The van der Waals surface area contributed by atoms with Gasteiger partial charge in [-0.1, -0.05) is 39.7 Å². The van der Waals surface area contributed by atoms with Gasteiger partial charge in [0.15, 0.2) is 0 Å². The van der Waals surface area contributed by atoms with Gasteiger partial charge in [-0.2, -0.15) is 0 Å². The molecule has 70 valence electrons. The Kier molecular flexibility index (Phi) is 2.66. The van der Waals surface area contributed by atoms with Crippen molar-refractivity contribution in [3.8, 4) is 0 Å². The van der Waals surface area contributed by atoms with Gasteiger partial charge in [0.05, 0.1) is 0 Å². The Labute approximate surface area is 92.4 Å². The molecule has 2 rings (SSSR count). The molecule has 0 unspecified atom stereocenters. The predicted octanol–water partition coefficient (Wildman–Crippen LogP) is 4.06. The zero-order chi connectivity index (χ0) is 9.31. The molecule has 0 aromatic heterocycles. The van der Waals surface area contributed by atoms with E-state index in [4.69, 9.17) is 11.6 Å². The first kappa shape index (κ1) is 9.54. The van der Waals surface area contributed by atoms with Crippen molar-refractivity contribution in [2.24, 2.45) is 5.41 Å². The number of halogens is 2. The summed E-state index contributed by atoms with van der Waals surface area (Å²) >= 11 is 9.50. The lowest BCUT2D eigenvalue weighted by Gasteiger charge is -2.10. The first-order valence-electron chi connectivity index (χ1n) is 4.55. The molecule has 1 fully saturated rings. The summed E-state index contributed by atoms with van der Waals surface area (Å²) in [7, 11) is 0. The van der Waals surface area contributed by atoms with Crippen LogP contribution in [0.2, 0.25) is 5.02 Å². The van der Waals surface area contributed by atoms with Crippen LogP contribution in [-0.4, -0.2) is 5.33 Å². The molecule has 1 aliphatic carbocycles. The Bertz CT molecular complexity index is 305. The molecule has 0 nitrogen and oxygen atoms in total. The van der Waals surface area contributed by atoms with Crippen molar-refractivity contribution >= 4 is 27.5 Å². The molecular weight excluding hydrogens is 247 g/mol. The van der Waals surface area contributed by atoms with Crippen LogP contribution in [0.4, 0.5) is 0 Å². The van der Waals surface area contributed by atoms with E-state index in [1.54, 1.807) is 0 Å². The second-order valence-corrected chi connectivity index (χ2v) is 4.94. The van der Waals surface area contributed by atoms with Crippen molar-refractivity contribution in [1.29, 1.82) is 0 Å². The third-order valence-electron chi connectivity index (χ3n) is 2.71. The number of hydrogen-bond donors (Lipinski definition) is 0. The minimum Gasteiger partial charge on any atom is -0.0922 e. The molecule has 0 spiro atoms. The zero-order valence-corrected chi connectivity index (χ0v) is 9.74. The van der Waals surface area contributed by atoms with Crippen LogP contribution in [0.1, 0.15) is 18.4 Å². The Hall–Kier alpha value is -0.0100. The monoisotopic (exact) mass is 258 g/mol. The summed E-state index contributed by atoms with van der Waals surface area (Å²) in [5.74, 6) is 0. The molecule has 13 heavy (non-hydrogen) atoms. The van der Waals surface area contributed by atoms with E-state index in [2.05, 4.69) is 28.1 Å². The lowest BCUT2D eigenvalue weighted by Crippen LogP contribution is -2.05. The molecule has 1 aromatic carbocycles.